The number of carbonyl (C=O) groups is 1. The molecule has 3 aliphatic rings. The van der Waals surface area contributed by atoms with Gasteiger partial charge in [0.2, 0.25) is 5.91 Å². The maximum atomic E-state index is 12.3. The number of benzene rings is 1. The first-order chi connectivity index (χ1) is 12.4. The van der Waals surface area contributed by atoms with Crippen LogP contribution < -0.4 is 10.1 Å². The molecule has 1 aromatic rings. The van der Waals surface area contributed by atoms with E-state index in [1.807, 2.05) is 19.1 Å². The van der Waals surface area contributed by atoms with Gasteiger partial charge in [0.1, 0.15) is 5.75 Å². The molecule has 1 unspecified atom stereocenters. The van der Waals surface area contributed by atoms with Crippen LogP contribution in [-0.2, 0) is 9.53 Å². The molecule has 4 heteroatoms. The van der Waals surface area contributed by atoms with Crippen molar-refractivity contribution in [3.8, 4) is 5.75 Å². The van der Waals surface area contributed by atoms with E-state index in [0.717, 1.165) is 24.3 Å². The Kier molecular flexibility index (Phi) is 4.30. The van der Waals surface area contributed by atoms with Crippen LogP contribution >= 0.6 is 0 Å². The number of amides is 1. The summed E-state index contributed by atoms with van der Waals surface area (Å²) in [5, 5.41) is 3.42. The fraction of sp³-hybridized carbons (Fsp3) is 0.682. The average molecular weight is 357 g/mol. The van der Waals surface area contributed by atoms with Gasteiger partial charge in [-0.2, -0.15) is 0 Å². The summed E-state index contributed by atoms with van der Waals surface area (Å²) >= 11 is 0. The molecule has 4 nitrogen and oxygen atoms in total. The zero-order valence-electron chi connectivity index (χ0n) is 16.4. The monoisotopic (exact) mass is 357 g/mol. The van der Waals surface area contributed by atoms with E-state index in [2.05, 4.69) is 31.3 Å². The Bertz CT molecular complexity index is 700. The van der Waals surface area contributed by atoms with Gasteiger partial charge in [-0.1, -0.05) is 39.0 Å². The van der Waals surface area contributed by atoms with Crippen LogP contribution in [-0.4, -0.2) is 25.7 Å². The number of hydrogen-bond acceptors (Lipinski definition) is 3. The number of hydrogen-bond donors (Lipinski definition) is 1. The Balaban J connectivity index is 1.72. The number of rotatable bonds is 4. The van der Waals surface area contributed by atoms with Crippen molar-refractivity contribution in [2.45, 2.75) is 58.6 Å². The molecule has 0 radical (unpaired) electrons. The third kappa shape index (κ3) is 2.41. The van der Waals surface area contributed by atoms with E-state index in [4.69, 9.17) is 9.47 Å². The maximum absolute atomic E-state index is 12.3. The van der Waals surface area contributed by atoms with Gasteiger partial charge < -0.3 is 14.8 Å². The summed E-state index contributed by atoms with van der Waals surface area (Å²) in [5.41, 5.74) is 1.44. The van der Waals surface area contributed by atoms with Gasteiger partial charge in [-0.3, -0.25) is 4.79 Å². The summed E-state index contributed by atoms with van der Waals surface area (Å²) in [6.07, 6.45) is 4.02. The highest BCUT2D eigenvalue weighted by molar-refractivity contribution is 5.76. The van der Waals surface area contributed by atoms with E-state index >= 15 is 0 Å². The average Bonchev–Trinajstić information content (AvgIpc) is 3.14. The second kappa shape index (κ2) is 6.26. The van der Waals surface area contributed by atoms with Gasteiger partial charge in [0.05, 0.1) is 13.2 Å². The summed E-state index contributed by atoms with van der Waals surface area (Å²) < 4.78 is 11.9. The Morgan fingerprint density at radius 3 is 2.85 bits per heavy atom. The molecule has 5 atom stereocenters. The third-order valence-electron chi connectivity index (χ3n) is 7.58. The van der Waals surface area contributed by atoms with Gasteiger partial charge >= 0.3 is 0 Å². The van der Waals surface area contributed by atoms with Crippen molar-refractivity contribution in [2.75, 3.05) is 13.7 Å². The molecule has 1 saturated heterocycles. The van der Waals surface area contributed by atoms with Gasteiger partial charge in [-0.05, 0) is 48.0 Å². The standard InChI is InChI=1S/C22H31NO3/c1-5-18(24)23-20-21(2,3)14-12-16-19(26-11-10-22(16,20)13-14)15-8-6-7-9-17(15)25-4/h6-9,14,16,19-20H,5,10-13H2,1-4H3,(H,23,24)/t14-,16-,19-,20+,22?/m1/s1. The summed E-state index contributed by atoms with van der Waals surface area (Å²) in [4.78, 5) is 12.3. The molecule has 1 N–H and O–H groups in total. The molecule has 1 amide bonds. The molecule has 2 bridgehead atoms. The van der Waals surface area contributed by atoms with Crippen LogP contribution in [0.4, 0.5) is 0 Å². The van der Waals surface area contributed by atoms with Crippen LogP contribution in [0.5, 0.6) is 5.75 Å². The van der Waals surface area contributed by atoms with Crippen LogP contribution in [0.1, 0.15) is 58.1 Å². The fourth-order valence-corrected chi connectivity index (χ4v) is 6.26. The first-order valence-electron chi connectivity index (χ1n) is 9.98. The first-order valence-corrected chi connectivity index (χ1v) is 9.98. The largest absolute Gasteiger partial charge is 0.496 e. The molecule has 1 aliphatic heterocycles. The van der Waals surface area contributed by atoms with Gasteiger partial charge in [-0.25, -0.2) is 0 Å². The van der Waals surface area contributed by atoms with Crippen molar-refractivity contribution in [1.82, 2.24) is 5.32 Å². The molecule has 1 aromatic carbocycles. The molecular formula is C22H31NO3. The van der Waals surface area contributed by atoms with E-state index in [0.29, 0.717) is 18.3 Å². The highest BCUT2D eigenvalue weighted by Gasteiger charge is 2.68. The minimum absolute atomic E-state index is 0.0574. The van der Waals surface area contributed by atoms with E-state index in [-0.39, 0.29) is 28.9 Å². The number of ether oxygens (including phenoxy) is 2. The zero-order valence-corrected chi connectivity index (χ0v) is 16.4. The minimum Gasteiger partial charge on any atom is -0.496 e. The minimum atomic E-state index is 0.0574. The zero-order chi connectivity index (χ0) is 18.5. The van der Waals surface area contributed by atoms with Crippen molar-refractivity contribution in [3.05, 3.63) is 29.8 Å². The fourth-order valence-electron chi connectivity index (χ4n) is 6.26. The molecule has 4 rings (SSSR count). The van der Waals surface area contributed by atoms with Crippen molar-refractivity contribution >= 4 is 5.91 Å². The number of carbonyl (C=O) groups excluding carboxylic acids is 1. The molecule has 0 aromatic heterocycles. The summed E-state index contributed by atoms with van der Waals surface area (Å²) in [6.45, 7) is 7.38. The number of fused-ring (bicyclic) bond motifs is 1. The molecule has 2 saturated carbocycles. The Morgan fingerprint density at radius 1 is 1.35 bits per heavy atom. The molecular weight excluding hydrogens is 326 g/mol. The van der Waals surface area contributed by atoms with E-state index in [9.17, 15) is 4.79 Å². The van der Waals surface area contributed by atoms with Crippen LogP contribution in [0.3, 0.4) is 0 Å². The Morgan fingerprint density at radius 2 is 2.12 bits per heavy atom. The van der Waals surface area contributed by atoms with E-state index < -0.39 is 0 Å². The van der Waals surface area contributed by atoms with Gasteiger partial charge in [0.15, 0.2) is 0 Å². The van der Waals surface area contributed by atoms with Crippen molar-refractivity contribution in [1.29, 1.82) is 0 Å². The summed E-state index contributed by atoms with van der Waals surface area (Å²) in [7, 11) is 1.73. The third-order valence-corrected chi connectivity index (χ3v) is 7.58. The van der Waals surface area contributed by atoms with Gasteiger partial charge in [0, 0.05) is 24.6 Å². The van der Waals surface area contributed by atoms with E-state index in [1.54, 1.807) is 7.11 Å². The second-order valence-electron chi connectivity index (χ2n) is 8.94. The van der Waals surface area contributed by atoms with Crippen LogP contribution in [0.15, 0.2) is 24.3 Å². The summed E-state index contributed by atoms with van der Waals surface area (Å²) in [5.74, 6) is 2.15. The van der Waals surface area contributed by atoms with Crippen LogP contribution in [0, 0.1) is 22.7 Å². The smallest absolute Gasteiger partial charge is 0.219 e. The summed E-state index contributed by atoms with van der Waals surface area (Å²) in [6, 6.07) is 8.46. The maximum Gasteiger partial charge on any atom is 0.219 e. The molecule has 142 valence electrons. The highest BCUT2D eigenvalue weighted by Crippen LogP contribution is 2.70. The molecule has 3 fully saturated rings. The lowest BCUT2D eigenvalue weighted by Gasteiger charge is -2.53. The quantitative estimate of drug-likeness (QED) is 0.882. The first kappa shape index (κ1) is 17.8. The van der Waals surface area contributed by atoms with Gasteiger partial charge in [0.25, 0.3) is 0 Å². The SMILES string of the molecule is CCC(=O)N[C@H]1C(C)(C)[C@@H]2C[C@@H]3[C@@H](c4ccccc4OC)OCCC31C2. The van der Waals surface area contributed by atoms with Crippen molar-refractivity contribution < 1.29 is 14.3 Å². The number of nitrogens with one attached hydrogen (secondary N) is 1. The lowest BCUT2D eigenvalue weighted by Crippen LogP contribution is -2.58. The lowest BCUT2D eigenvalue weighted by atomic mass is 9.58. The number of methoxy groups -OCH3 is 1. The Hall–Kier alpha value is -1.55. The predicted molar refractivity (Wildman–Crippen MR) is 101 cm³/mol. The highest BCUT2D eigenvalue weighted by atomic mass is 16.5. The van der Waals surface area contributed by atoms with Crippen LogP contribution in [0.2, 0.25) is 0 Å². The lowest BCUT2D eigenvalue weighted by molar-refractivity contribution is -0.137. The van der Waals surface area contributed by atoms with Crippen LogP contribution in [0.25, 0.3) is 0 Å². The molecule has 26 heavy (non-hydrogen) atoms. The molecule has 1 heterocycles. The van der Waals surface area contributed by atoms with E-state index in [1.165, 1.54) is 12.8 Å². The molecule has 2 aliphatic carbocycles. The van der Waals surface area contributed by atoms with Gasteiger partial charge in [-0.15, -0.1) is 0 Å². The normalized spacial score (nSPS) is 37.2. The predicted octanol–water partition coefficient (Wildman–Crippen LogP) is 4.10. The van der Waals surface area contributed by atoms with Crippen molar-refractivity contribution in [2.24, 2.45) is 22.7 Å². The Labute approximate surface area is 156 Å². The number of para-hydroxylation sites is 1. The van der Waals surface area contributed by atoms with Crippen molar-refractivity contribution in [3.63, 3.8) is 0 Å². The second-order valence-corrected chi connectivity index (χ2v) is 8.94. The topological polar surface area (TPSA) is 47.6 Å². The molecule has 1 spiro atoms.